The van der Waals surface area contributed by atoms with Gasteiger partial charge in [-0.15, -0.1) is 0 Å². The van der Waals surface area contributed by atoms with Gasteiger partial charge >= 0.3 is 12.2 Å². The lowest BCUT2D eigenvalue weighted by Crippen LogP contribution is -2.62. The number of hydrogen-bond donors (Lipinski definition) is 4. The number of rotatable bonds is 13. The van der Waals surface area contributed by atoms with Crippen molar-refractivity contribution in [3.05, 3.63) is 76.4 Å². The molecular weight excluding hydrogens is 847 g/mol. The summed E-state index contributed by atoms with van der Waals surface area (Å²) in [6.45, 7) is 4.79. The number of nitrogens with one attached hydrogen (secondary N) is 4. The first-order valence-electron chi connectivity index (χ1n) is 20.2. The first-order chi connectivity index (χ1) is 30.2. The van der Waals surface area contributed by atoms with Crippen LogP contribution in [-0.2, 0) is 25.3 Å². The van der Waals surface area contributed by atoms with Crippen LogP contribution in [0.3, 0.4) is 0 Å². The third-order valence-corrected chi connectivity index (χ3v) is 12.2. The van der Waals surface area contributed by atoms with Gasteiger partial charge in [0.05, 0.1) is 52.3 Å². The number of ether oxygens (including phenoxy) is 2. The Morgan fingerprint density at radius 1 is 1.06 bits per heavy atom. The SMILES string of the molecule is COC(C)c1c(NC(=O)Nc2cc(C(F)(F)F)cnc2OCCN2CC3(CC(CCNc4cccc5c4N(C)C(=C=O)N5C4CCC(=C=O)NC4=C=O)C3)C2)cnc2cc(Cl)nn12. The Bertz CT molecular complexity index is 2590. The molecule has 3 aliphatic heterocycles. The lowest BCUT2D eigenvalue weighted by molar-refractivity contribution is -0.137. The normalized spacial score (nSPS) is 18.8. The van der Waals surface area contributed by atoms with E-state index in [0.717, 1.165) is 55.5 Å². The number of aromatic nitrogens is 4. The fraction of sp³-hybridized carbons (Fsp3) is 0.429. The van der Waals surface area contributed by atoms with Crippen molar-refractivity contribution in [3.63, 3.8) is 0 Å². The van der Waals surface area contributed by atoms with Gasteiger partial charge in [-0.1, -0.05) is 17.7 Å². The summed E-state index contributed by atoms with van der Waals surface area (Å²) in [5.41, 5.74) is 2.68. The number of alkyl halides is 3. The molecule has 63 heavy (non-hydrogen) atoms. The molecule has 0 bridgehead atoms. The second-order valence-electron chi connectivity index (χ2n) is 16.2. The zero-order valence-electron chi connectivity index (χ0n) is 34.4. The van der Waals surface area contributed by atoms with Crippen molar-refractivity contribution < 1.29 is 41.8 Å². The minimum atomic E-state index is -4.72. The summed E-state index contributed by atoms with van der Waals surface area (Å²) in [6, 6.07) is 6.63. The number of urea groups is 1. The monoisotopic (exact) mass is 889 g/mol. The zero-order valence-corrected chi connectivity index (χ0v) is 35.2. The van der Waals surface area contributed by atoms with Crippen molar-refractivity contribution in [2.45, 2.75) is 57.3 Å². The summed E-state index contributed by atoms with van der Waals surface area (Å²) in [6.07, 6.45) is 0.580. The van der Waals surface area contributed by atoms with Crippen LogP contribution in [-0.4, -0.2) is 101 Å². The van der Waals surface area contributed by atoms with Crippen LogP contribution in [0, 0.1) is 11.3 Å². The lowest BCUT2D eigenvalue weighted by atomic mass is 9.57. The van der Waals surface area contributed by atoms with E-state index in [4.69, 9.17) is 21.1 Å². The van der Waals surface area contributed by atoms with E-state index < -0.39 is 29.9 Å². The number of methoxy groups -OCH3 is 1. The van der Waals surface area contributed by atoms with Crippen LogP contribution in [0.15, 0.2) is 59.9 Å². The number of fused-ring (bicyclic) bond motifs is 2. The van der Waals surface area contributed by atoms with Gasteiger partial charge in [-0.3, -0.25) is 4.90 Å². The molecule has 4 aliphatic rings. The highest BCUT2D eigenvalue weighted by Crippen LogP contribution is 2.53. The third kappa shape index (κ3) is 8.56. The number of carbonyl (C=O) groups excluding carboxylic acids is 4. The number of nitrogens with zero attached hydrogens (tertiary/aromatic N) is 7. The van der Waals surface area contributed by atoms with E-state index in [1.54, 1.807) is 23.8 Å². The van der Waals surface area contributed by atoms with E-state index in [1.165, 1.54) is 23.9 Å². The quantitative estimate of drug-likeness (QED) is 0.117. The number of carbonyl (C=O) groups is 1. The van der Waals surface area contributed by atoms with Crippen LogP contribution in [0.1, 0.15) is 56.4 Å². The Morgan fingerprint density at radius 2 is 1.84 bits per heavy atom. The van der Waals surface area contributed by atoms with Crippen LogP contribution in [0.5, 0.6) is 5.88 Å². The van der Waals surface area contributed by atoms with E-state index in [1.807, 2.05) is 36.0 Å². The summed E-state index contributed by atoms with van der Waals surface area (Å²) in [7, 11) is 3.25. The van der Waals surface area contributed by atoms with Gasteiger partial charge in [0, 0.05) is 59.0 Å². The highest BCUT2D eigenvalue weighted by Gasteiger charge is 2.51. The minimum absolute atomic E-state index is 0.128. The summed E-state index contributed by atoms with van der Waals surface area (Å²) < 4.78 is 53.9. The van der Waals surface area contributed by atoms with Crippen molar-refractivity contribution in [1.82, 2.24) is 29.8 Å². The number of halogens is 4. The number of anilines is 5. The van der Waals surface area contributed by atoms with E-state index in [0.29, 0.717) is 49.4 Å². The minimum Gasteiger partial charge on any atom is -0.475 e. The number of amides is 2. The highest BCUT2D eigenvalue weighted by molar-refractivity contribution is 6.29. The van der Waals surface area contributed by atoms with Gasteiger partial charge < -0.3 is 40.5 Å². The van der Waals surface area contributed by atoms with Gasteiger partial charge in [-0.05, 0) is 62.1 Å². The molecule has 0 radical (unpaired) electrons. The van der Waals surface area contributed by atoms with Gasteiger partial charge in [0.15, 0.2) is 16.7 Å². The van der Waals surface area contributed by atoms with Gasteiger partial charge in [-0.25, -0.2) is 33.7 Å². The molecule has 4 N–H and O–H groups in total. The molecule has 21 heteroatoms. The summed E-state index contributed by atoms with van der Waals surface area (Å²) in [4.78, 5) is 62.4. The molecular formula is C42H43ClF3N11O6. The first kappa shape index (κ1) is 43.3. The van der Waals surface area contributed by atoms with Crippen LogP contribution in [0.25, 0.3) is 5.65 Å². The summed E-state index contributed by atoms with van der Waals surface area (Å²) >= 11 is 6.07. The predicted molar refractivity (Wildman–Crippen MR) is 227 cm³/mol. The second-order valence-corrected chi connectivity index (χ2v) is 16.6. The number of allylic oxidation sites excluding steroid dienone is 1. The Labute approximate surface area is 363 Å². The first-order valence-corrected chi connectivity index (χ1v) is 20.6. The fourth-order valence-corrected chi connectivity index (χ4v) is 9.35. The topological polar surface area (TPSA) is 188 Å². The van der Waals surface area contributed by atoms with Gasteiger partial charge in [0.2, 0.25) is 11.7 Å². The van der Waals surface area contributed by atoms with Crippen LogP contribution >= 0.6 is 11.6 Å². The van der Waals surface area contributed by atoms with Gasteiger partial charge in [0.1, 0.15) is 35.6 Å². The number of para-hydroxylation sites is 1. The maximum Gasteiger partial charge on any atom is 0.417 e. The predicted octanol–water partition coefficient (Wildman–Crippen LogP) is 5.85. The number of hydrogen-bond acceptors (Lipinski definition) is 14. The smallest absolute Gasteiger partial charge is 0.417 e. The van der Waals surface area contributed by atoms with E-state index in [9.17, 15) is 32.3 Å². The van der Waals surface area contributed by atoms with Crippen molar-refractivity contribution in [2.75, 3.05) is 72.7 Å². The van der Waals surface area contributed by atoms with Crippen LogP contribution in [0.2, 0.25) is 5.15 Å². The summed E-state index contributed by atoms with van der Waals surface area (Å²) in [5.74, 6) is 6.35. The van der Waals surface area contributed by atoms with Crippen molar-refractivity contribution in [1.29, 1.82) is 0 Å². The molecule has 1 aliphatic carbocycles. The largest absolute Gasteiger partial charge is 0.475 e. The van der Waals surface area contributed by atoms with Crippen molar-refractivity contribution >= 4 is 69.5 Å². The molecule has 2 unspecified atom stereocenters. The molecule has 8 rings (SSSR count). The highest BCUT2D eigenvalue weighted by atomic mass is 35.5. The third-order valence-electron chi connectivity index (χ3n) is 12.1. The maximum atomic E-state index is 13.7. The molecule has 2 atom stereocenters. The molecule has 17 nitrogen and oxygen atoms in total. The number of pyridine rings is 1. The van der Waals surface area contributed by atoms with E-state index in [2.05, 4.69) is 41.2 Å². The van der Waals surface area contributed by atoms with Gasteiger partial charge in [0.25, 0.3) is 0 Å². The van der Waals surface area contributed by atoms with Crippen molar-refractivity contribution in [2.24, 2.45) is 11.3 Å². The molecule has 2 saturated heterocycles. The second kappa shape index (κ2) is 17.4. The average molecular weight is 890 g/mol. The number of likely N-dealkylation sites (tertiary alicyclic amines) is 1. The van der Waals surface area contributed by atoms with Crippen LogP contribution < -0.4 is 35.8 Å². The number of piperidine rings is 1. The Morgan fingerprint density at radius 3 is 2.56 bits per heavy atom. The molecule has 2 amide bonds. The molecule has 3 aromatic heterocycles. The van der Waals surface area contributed by atoms with E-state index in [-0.39, 0.29) is 51.6 Å². The zero-order chi connectivity index (χ0) is 44.6. The van der Waals surface area contributed by atoms with Crippen LogP contribution in [0.4, 0.5) is 46.4 Å². The fourth-order valence-electron chi connectivity index (χ4n) is 9.18. The Balaban J connectivity index is 0.826. The standard InChI is InChI=1S/C42H43ClF3N11O6/c1-24(62-3)37-30(18-48-35-14-34(43)53-57(35)37)52-40(61)51-29-13-26(42(44,45)46)17-49-39(29)63-12-11-55-22-41(23-55)15-25(16-41)9-10-47-28-5-4-6-33-38(28)54(2)36(21-60)56(33)32-8-7-27(19-58)50-31(32)20-59/h4-6,13-14,17-18,24-25,32,47,50H,7-12,15-16,22-23H2,1-3H3,(H2,51,52,61). The molecule has 6 heterocycles. The lowest BCUT2D eigenvalue weighted by Gasteiger charge is -2.59. The maximum absolute atomic E-state index is 13.7. The number of benzene rings is 1. The molecule has 3 fully saturated rings. The summed E-state index contributed by atoms with van der Waals surface area (Å²) in [5, 5.41) is 15.8. The van der Waals surface area contributed by atoms with E-state index >= 15 is 0 Å². The van der Waals surface area contributed by atoms with Crippen molar-refractivity contribution in [3.8, 4) is 5.88 Å². The molecule has 4 aromatic rings. The van der Waals surface area contributed by atoms with Gasteiger partial charge in [-0.2, -0.15) is 18.3 Å². The Hall–Kier alpha value is -6.39. The molecule has 1 aromatic carbocycles. The molecule has 1 spiro atoms. The average Bonchev–Trinajstić information content (AvgIpc) is 3.76. The molecule has 1 saturated carbocycles. The Kier molecular flexibility index (Phi) is 12.0. The molecule has 330 valence electrons.